The molecule has 0 unspecified atom stereocenters. The molecule has 0 atom stereocenters. The van der Waals surface area contributed by atoms with Crippen LogP contribution < -0.4 is 0 Å². The van der Waals surface area contributed by atoms with E-state index in [-0.39, 0.29) is 5.75 Å². The van der Waals surface area contributed by atoms with E-state index in [9.17, 15) is 8.42 Å². The van der Waals surface area contributed by atoms with Crippen LogP contribution in [-0.2, 0) is 9.84 Å². The second-order valence-corrected chi connectivity index (χ2v) is 5.44. The highest BCUT2D eigenvalue weighted by atomic mass is 32.2. The molecule has 0 aliphatic rings. The van der Waals surface area contributed by atoms with Crippen molar-refractivity contribution in [2.75, 3.05) is 5.75 Å². The lowest BCUT2D eigenvalue weighted by atomic mass is 10.4. The fourth-order valence-electron chi connectivity index (χ4n) is 1.04. The minimum atomic E-state index is -3.06. The summed E-state index contributed by atoms with van der Waals surface area (Å²) < 4.78 is 23.0. The number of hydrogen-bond donors (Lipinski definition) is 1. The Morgan fingerprint density at radius 1 is 1.23 bits per heavy atom. The van der Waals surface area contributed by atoms with Crippen LogP contribution in [-0.4, -0.2) is 14.2 Å². The van der Waals surface area contributed by atoms with E-state index >= 15 is 0 Å². The van der Waals surface area contributed by atoms with Crippen molar-refractivity contribution in [3.05, 3.63) is 24.3 Å². The standard InChI is InChI=1S/C9H12O2S2/c1-2-7-13(10,11)9-5-3-8(12)4-6-9/h3-6,12H,2,7H2,1H3. The number of sulfone groups is 1. The Kier molecular flexibility index (Phi) is 3.39. The zero-order chi connectivity index (χ0) is 9.90. The third-order valence-electron chi connectivity index (χ3n) is 1.67. The van der Waals surface area contributed by atoms with Crippen LogP contribution in [0.1, 0.15) is 13.3 Å². The predicted molar refractivity (Wildman–Crippen MR) is 56.0 cm³/mol. The molecule has 1 aromatic rings. The molecule has 0 spiro atoms. The topological polar surface area (TPSA) is 34.1 Å². The first-order chi connectivity index (χ1) is 6.06. The summed E-state index contributed by atoms with van der Waals surface area (Å²) in [5.74, 6) is 0.207. The van der Waals surface area contributed by atoms with Gasteiger partial charge in [-0.3, -0.25) is 0 Å². The second-order valence-electron chi connectivity index (χ2n) is 2.81. The van der Waals surface area contributed by atoms with Gasteiger partial charge in [0.2, 0.25) is 0 Å². The smallest absolute Gasteiger partial charge is 0.178 e. The molecular weight excluding hydrogens is 204 g/mol. The van der Waals surface area contributed by atoms with Crippen LogP contribution in [0, 0.1) is 0 Å². The molecule has 0 amide bonds. The Hall–Kier alpha value is -0.480. The van der Waals surface area contributed by atoms with E-state index in [0.29, 0.717) is 11.3 Å². The predicted octanol–water partition coefficient (Wildman–Crippen LogP) is 2.16. The minimum absolute atomic E-state index is 0.207. The highest BCUT2D eigenvalue weighted by Gasteiger charge is 2.11. The summed E-state index contributed by atoms with van der Waals surface area (Å²) >= 11 is 4.08. The molecule has 72 valence electrons. The summed E-state index contributed by atoms with van der Waals surface area (Å²) in [6.45, 7) is 1.85. The molecule has 4 heteroatoms. The molecule has 1 aromatic carbocycles. The average Bonchev–Trinajstić information content (AvgIpc) is 2.05. The van der Waals surface area contributed by atoms with Gasteiger partial charge in [0.1, 0.15) is 0 Å². The van der Waals surface area contributed by atoms with Crippen LogP contribution in [0.5, 0.6) is 0 Å². The molecule has 0 N–H and O–H groups in total. The maximum absolute atomic E-state index is 11.5. The molecule has 0 bridgehead atoms. The highest BCUT2D eigenvalue weighted by molar-refractivity contribution is 7.91. The van der Waals surface area contributed by atoms with E-state index in [2.05, 4.69) is 12.6 Å². The number of rotatable bonds is 3. The molecule has 0 aromatic heterocycles. The molecule has 0 heterocycles. The molecule has 13 heavy (non-hydrogen) atoms. The molecule has 0 fully saturated rings. The zero-order valence-electron chi connectivity index (χ0n) is 7.40. The van der Waals surface area contributed by atoms with Crippen LogP contribution in [0.4, 0.5) is 0 Å². The molecule has 0 saturated heterocycles. The third-order valence-corrected chi connectivity index (χ3v) is 3.90. The van der Waals surface area contributed by atoms with Gasteiger partial charge >= 0.3 is 0 Å². The highest BCUT2D eigenvalue weighted by Crippen LogP contribution is 2.14. The average molecular weight is 216 g/mol. The number of thiol groups is 1. The monoisotopic (exact) mass is 216 g/mol. The SMILES string of the molecule is CCCS(=O)(=O)c1ccc(S)cc1. The fourth-order valence-corrected chi connectivity index (χ4v) is 2.51. The maximum atomic E-state index is 11.5. The minimum Gasteiger partial charge on any atom is -0.224 e. The molecular formula is C9H12O2S2. The van der Waals surface area contributed by atoms with Gasteiger partial charge in [0.05, 0.1) is 10.6 Å². The van der Waals surface area contributed by atoms with Crippen LogP contribution in [0.3, 0.4) is 0 Å². The maximum Gasteiger partial charge on any atom is 0.178 e. The quantitative estimate of drug-likeness (QED) is 0.786. The summed E-state index contributed by atoms with van der Waals surface area (Å²) in [6, 6.07) is 6.55. The van der Waals surface area contributed by atoms with Crippen LogP contribution >= 0.6 is 12.6 Å². The lowest BCUT2D eigenvalue weighted by Crippen LogP contribution is -2.05. The Morgan fingerprint density at radius 3 is 2.23 bits per heavy atom. The van der Waals surface area contributed by atoms with Gasteiger partial charge in [-0.25, -0.2) is 8.42 Å². The van der Waals surface area contributed by atoms with Gasteiger partial charge in [-0.15, -0.1) is 12.6 Å². The molecule has 0 aliphatic heterocycles. The Morgan fingerprint density at radius 2 is 1.77 bits per heavy atom. The Balaban J connectivity index is 3.02. The summed E-state index contributed by atoms with van der Waals surface area (Å²) in [6.07, 6.45) is 0.644. The summed E-state index contributed by atoms with van der Waals surface area (Å²) in [4.78, 5) is 1.16. The normalized spacial score (nSPS) is 11.5. The van der Waals surface area contributed by atoms with E-state index in [1.165, 1.54) is 0 Å². The van der Waals surface area contributed by atoms with E-state index in [0.717, 1.165) is 4.90 Å². The van der Waals surface area contributed by atoms with Gasteiger partial charge in [0.25, 0.3) is 0 Å². The fraction of sp³-hybridized carbons (Fsp3) is 0.333. The number of hydrogen-bond acceptors (Lipinski definition) is 3. The Bertz CT molecular complexity index is 365. The lowest BCUT2D eigenvalue weighted by Gasteiger charge is -2.01. The van der Waals surface area contributed by atoms with Crippen molar-refractivity contribution >= 4 is 22.5 Å². The van der Waals surface area contributed by atoms with Crippen molar-refractivity contribution in [2.24, 2.45) is 0 Å². The van der Waals surface area contributed by atoms with Gasteiger partial charge in [-0.1, -0.05) is 6.92 Å². The van der Waals surface area contributed by atoms with Crippen molar-refractivity contribution in [3.63, 3.8) is 0 Å². The Labute approximate surface area is 84.3 Å². The summed E-state index contributed by atoms with van der Waals surface area (Å²) in [7, 11) is -3.06. The van der Waals surface area contributed by atoms with Crippen LogP contribution in [0.15, 0.2) is 34.1 Å². The third kappa shape index (κ3) is 2.74. The van der Waals surface area contributed by atoms with Crippen LogP contribution in [0.2, 0.25) is 0 Å². The molecule has 1 rings (SSSR count). The first kappa shape index (κ1) is 10.6. The van der Waals surface area contributed by atoms with Crippen molar-refractivity contribution in [3.8, 4) is 0 Å². The second kappa shape index (κ2) is 4.15. The van der Waals surface area contributed by atoms with Gasteiger partial charge in [-0.05, 0) is 30.7 Å². The van der Waals surface area contributed by atoms with E-state index in [4.69, 9.17) is 0 Å². The van der Waals surface area contributed by atoms with Crippen molar-refractivity contribution in [1.82, 2.24) is 0 Å². The number of benzene rings is 1. The van der Waals surface area contributed by atoms with Crippen LogP contribution in [0.25, 0.3) is 0 Å². The zero-order valence-corrected chi connectivity index (χ0v) is 9.11. The van der Waals surface area contributed by atoms with Crippen molar-refractivity contribution in [1.29, 1.82) is 0 Å². The van der Waals surface area contributed by atoms with E-state index in [1.54, 1.807) is 24.3 Å². The molecule has 2 nitrogen and oxygen atoms in total. The first-order valence-electron chi connectivity index (χ1n) is 4.08. The molecule has 0 aliphatic carbocycles. The first-order valence-corrected chi connectivity index (χ1v) is 6.18. The van der Waals surface area contributed by atoms with E-state index < -0.39 is 9.84 Å². The van der Waals surface area contributed by atoms with Gasteiger partial charge in [0.15, 0.2) is 9.84 Å². The van der Waals surface area contributed by atoms with Crippen molar-refractivity contribution in [2.45, 2.75) is 23.1 Å². The van der Waals surface area contributed by atoms with Gasteiger partial charge < -0.3 is 0 Å². The molecule has 0 saturated carbocycles. The lowest BCUT2D eigenvalue weighted by molar-refractivity contribution is 0.594. The summed E-state index contributed by atoms with van der Waals surface area (Å²) in [5, 5.41) is 0. The largest absolute Gasteiger partial charge is 0.224 e. The molecule has 0 radical (unpaired) electrons. The summed E-state index contributed by atoms with van der Waals surface area (Å²) in [5.41, 5.74) is 0. The van der Waals surface area contributed by atoms with Gasteiger partial charge in [-0.2, -0.15) is 0 Å². The van der Waals surface area contributed by atoms with Crippen molar-refractivity contribution < 1.29 is 8.42 Å². The van der Waals surface area contributed by atoms with Gasteiger partial charge in [0, 0.05) is 4.90 Å². The van der Waals surface area contributed by atoms with E-state index in [1.807, 2.05) is 6.92 Å².